The Balaban J connectivity index is 1.07. The first-order valence-corrected chi connectivity index (χ1v) is 13.4. The van der Waals surface area contributed by atoms with Crippen molar-refractivity contribution in [3.8, 4) is 5.75 Å². The summed E-state index contributed by atoms with van der Waals surface area (Å²) in [5.41, 5.74) is 3.39. The number of fused-ring (bicyclic) bond motifs is 2. The molecule has 1 atom stereocenters. The standard InChI is InChI=1S/C29H30N4O2S/c34-28(32-16-18-33(19-17-32)29-30-24-11-5-7-13-27(24)36-29)14-15-31-20-23-10-4-6-12-25(23)35-26(21-31)22-8-2-1-3-9-22/h1-13,26H,14-21H2. The molecule has 7 heteroatoms. The predicted molar refractivity (Wildman–Crippen MR) is 145 cm³/mol. The number of rotatable bonds is 5. The van der Waals surface area contributed by atoms with Gasteiger partial charge in [0.05, 0.1) is 10.2 Å². The average Bonchev–Trinajstić information content (AvgIpc) is 3.27. The van der Waals surface area contributed by atoms with Gasteiger partial charge < -0.3 is 14.5 Å². The van der Waals surface area contributed by atoms with E-state index in [-0.39, 0.29) is 12.0 Å². The number of aromatic nitrogens is 1. The third-order valence-corrected chi connectivity index (χ3v) is 8.16. The Morgan fingerprint density at radius 2 is 1.67 bits per heavy atom. The van der Waals surface area contributed by atoms with Crippen molar-refractivity contribution in [2.75, 3.05) is 44.2 Å². The van der Waals surface area contributed by atoms with Crippen LogP contribution in [0.1, 0.15) is 23.7 Å². The minimum Gasteiger partial charge on any atom is -0.484 e. The number of carbonyl (C=O) groups is 1. The highest BCUT2D eigenvalue weighted by Gasteiger charge is 2.27. The van der Waals surface area contributed by atoms with Crippen LogP contribution in [0, 0.1) is 0 Å². The van der Waals surface area contributed by atoms with Crippen LogP contribution < -0.4 is 9.64 Å². The zero-order chi connectivity index (χ0) is 24.3. The Labute approximate surface area is 215 Å². The molecule has 6 rings (SSSR count). The van der Waals surface area contributed by atoms with Crippen LogP contribution in [0.5, 0.6) is 5.75 Å². The highest BCUT2D eigenvalue weighted by atomic mass is 32.1. The third-order valence-electron chi connectivity index (χ3n) is 7.06. The summed E-state index contributed by atoms with van der Waals surface area (Å²) in [6, 6.07) is 26.9. The molecule has 0 N–H and O–H groups in total. The van der Waals surface area contributed by atoms with E-state index in [2.05, 4.69) is 64.4 Å². The Morgan fingerprint density at radius 1 is 0.917 bits per heavy atom. The van der Waals surface area contributed by atoms with Crippen LogP contribution in [0.2, 0.25) is 0 Å². The summed E-state index contributed by atoms with van der Waals surface area (Å²) >= 11 is 1.73. The number of thiazole rings is 1. The van der Waals surface area contributed by atoms with E-state index in [0.717, 1.165) is 67.8 Å². The van der Waals surface area contributed by atoms with Gasteiger partial charge in [0.2, 0.25) is 5.91 Å². The smallest absolute Gasteiger partial charge is 0.223 e. The van der Waals surface area contributed by atoms with E-state index in [0.29, 0.717) is 6.42 Å². The Hall–Kier alpha value is -3.42. The first kappa shape index (κ1) is 23.0. The minimum absolute atomic E-state index is 0.0534. The van der Waals surface area contributed by atoms with Crippen LogP contribution in [0.3, 0.4) is 0 Å². The maximum Gasteiger partial charge on any atom is 0.223 e. The van der Waals surface area contributed by atoms with Crippen molar-refractivity contribution in [2.24, 2.45) is 0 Å². The Morgan fingerprint density at radius 3 is 2.50 bits per heavy atom. The number of hydrogen-bond donors (Lipinski definition) is 0. The lowest BCUT2D eigenvalue weighted by atomic mass is 10.1. The van der Waals surface area contributed by atoms with E-state index in [1.54, 1.807) is 11.3 Å². The number of nitrogens with zero attached hydrogens (tertiary/aromatic N) is 4. The van der Waals surface area contributed by atoms with Gasteiger partial charge in [-0.05, 0) is 23.8 Å². The SMILES string of the molecule is O=C(CCN1Cc2ccccc2OC(c2ccccc2)C1)N1CCN(c2nc3ccccc3s2)CC1. The van der Waals surface area contributed by atoms with Gasteiger partial charge in [0.15, 0.2) is 5.13 Å². The summed E-state index contributed by atoms with van der Waals surface area (Å²) in [4.78, 5) is 24.6. The van der Waals surface area contributed by atoms with E-state index in [9.17, 15) is 4.79 Å². The summed E-state index contributed by atoms with van der Waals surface area (Å²) in [6.45, 7) is 5.41. The van der Waals surface area contributed by atoms with Crippen LogP contribution in [0.4, 0.5) is 5.13 Å². The molecule has 2 aliphatic rings. The minimum atomic E-state index is -0.0534. The number of hydrogen-bond acceptors (Lipinski definition) is 6. The van der Waals surface area contributed by atoms with Gasteiger partial charge in [0.25, 0.3) is 0 Å². The maximum absolute atomic E-state index is 13.1. The molecule has 1 amide bonds. The normalized spacial score (nSPS) is 18.5. The second-order valence-corrected chi connectivity index (χ2v) is 10.5. The molecule has 184 valence electrons. The fraction of sp³-hybridized carbons (Fsp3) is 0.310. The molecular weight excluding hydrogens is 468 g/mol. The summed E-state index contributed by atoms with van der Waals surface area (Å²) in [6.07, 6.45) is 0.465. The average molecular weight is 499 g/mol. The number of carbonyl (C=O) groups excluding carboxylic acids is 1. The highest BCUT2D eigenvalue weighted by molar-refractivity contribution is 7.22. The molecule has 2 aliphatic heterocycles. The second-order valence-electron chi connectivity index (χ2n) is 9.44. The molecule has 1 fully saturated rings. The van der Waals surface area contributed by atoms with Crippen molar-refractivity contribution in [3.05, 3.63) is 90.0 Å². The summed E-state index contributed by atoms with van der Waals surface area (Å²) in [7, 11) is 0. The molecular formula is C29H30N4O2S. The van der Waals surface area contributed by atoms with Gasteiger partial charge in [-0.2, -0.15) is 0 Å². The molecule has 0 saturated carbocycles. The van der Waals surface area contributed by atoms with Gasteiger partial charge in [-0.25, -0.2) is 4.98 Å². The largest absolute Gasteiger partial charge is 0.484 e. The lowest BCUT2D eigenvalue weighted by Gasteiger charge is -2.35. The van der Waals surface area contributed by atoms with Crippen LogP contribution in [0.15, 0.2) is 78.9 Å². The van der Waals surface area contributed by atoms with Gasteiger partial charge in [-0.15, -0.1) is 0 Å². The lowest BCUT2D eigenvalue weighted by molar-refractivity contribution is -0.131. The molecule has 0 radical (unpaired) electrons. The molecule has 3 aromatic carbocycles. The van der Waals surface area contributed by atoms with Gasteiger partial charge in [-0.1, -0.05) is 72.0 Å². The molecule has 1 unspecified atom stereocenters. The van der Waals surface area contributed by atoms with Crippen LogP contribution in [-0.4, -0.2) is 60.0 Å². The van der Waals surface area contributed by atoms with Crippen molar-refractivity contribution < 1.29 is 9.53 Å². The van der Waals surface area contributed by atoms with E-state index >= 15 is 0 Å². The van der Waals surface area contributed by atoms with Gasteiger partial charge in [0.1, 0.15) is 11.9 Å². The van der Waals surface area contributed by atoms with Crippen molar-refractivity contribution in [2.45, 2.75) is 19.1 Å². The first-order chi connectivity index (χ1) is 17.7. The summed E-state index contributed by atoms with van der Waals surface area (Å²) < 4.78 is 7.64. The molecule has 1 aromatic heterocycles. The number of para-hydroxylation sites is 2. The molecule has 3 heterocycles. The summed E-state index contributed by atoms with van der Waals surface area (Å²) in [5, 5.41) is 1.05. The second kappa shape index (κ2) is 10.3. The van der Waals surface area contributed by atoms with E-state index in [4.69, 9.17) is 9.72 Å². The first-order valence-electron chi connectivity index (χ1n) is 12.6. The van der Waals surface area contributed by atoms with E-state index in [1.807, 2.05) is 29.2 Å². The predicted octanol–water partition coefficient (Wildman–Crippen LogP) is 4.97. The molecule has 6 nitrogen and oxygen atoms in total. The maximum atomic E-state index is 13.1. The molecule has 36 heavy (non-hydrogen) atoms. The molecule has 4 aromatic rings. The number of benzene rings is 3. The van der Waals surface area contributed by atoms with E-state index in [1.165, 1.54) is 10.3 Å². The number of piperazine rings is 1. The topological polar surface area (TPSA) is 48.9 Å². The van der Waals surface area contributed by atoms with E-state index < -0.39 is 0 Å². The zero-order valence-electron chi connectivity index (χ0n) is 20.3. The van der Waals surface area contributed by atoms with Crippen molar-refractivity contribution in [1.82, 2.24) is 14.8 Å². The lowest BCUT2D eigenvalue weighted by Crippen LogP contribution is -2.49. The van der Waals surface area contributed by atoms with Gasteiger partial charge >= 0.3 is 0 Å². The zero-order valence-corrected chi connectivity index (χ0v) is 21.1. The fourth-order valence-corrected chi connectivity index (χ4v) is 6.06. The Bertz CT molecular complexity index is 1300. The van der Waals surface area contributed by atoms with Crippen LogP contribution in [0.25, 0.3) is 10.2 Å². The molecule has 0 bridgehead atoms. The fourth-order valence-electron chi connectivity index (χ4n) is 5.05. The third kappa shape index (κ3) is 4.94. The van der Waals surface area contributed by atoms with Crippen molar-refractivity contribution in [1.29, 1.82) is 0 Å². The molecule has 0 aliphatic carbocycles. The number of anilines is 1. The Kier molecular flexibility index (Phi) is 6.57. The molecule has 0 spiro atoms. The number of amides is 1. The monoisotopic (exact) mass is 498 g/mol. The van der Waals surface area contributed by atoms with Crippen molar-refractivity contribution >= 4 is 32.6 Å². The number of ether oxygens (including phenoxy) is 1. The van der Waals surface area contributed by atoms with Crippen LogP contribution >= 0.6 is 11.3 Å². The quantitative estimate of drug-likeness (QED) is 0.389. The van der Waals surface area contributed by atoms with Gasteiger partial charge in [-0.3, -0.25) is 9.69 Å². The summed E-state index contributed by atoms with van der Waals surface area (Å²) in [5.74, 6) is 1.17. The van der Waals surface area contributed by atoms with Gasteiger partial charge in [0, 0.05) is 57.8 Å². The highest BCUT2D eigenvalue weighted by Crippen LogP contribution is 2.32. The molecule has 1 saturated heterocycles. The van der Waals surface area contributed by atoms with Crippen LogP contribution in [-0.2, 0) is 11.3 Å². The van der Waals surface area contributed by atoms with Crippen molar-refractivity contribution in [3.63, 3.8) is 0 Å².